The van der Waals surface area contributed by atoms with Gasteiger partial charge in [-0.25, -0.2) is 0 Å². The molecule has 7 nitrogen and oxygen atoms in total. The van der Waals surface area contributed by atoms with E-state index in [-0.39, 0.29) is 6.10 Å². The SMILES string of the molecule is CCOc1cc2c(cc1CNC(=NC)Nc1ccc3c(c1)OCCCO3)OC(C)C2. The first-order valence-corrected chi connectivity index (χ1v) is 10.5. The van der Waals surface area contributed by atoms with Crippen molar-refractivity contribution in [2.24, 2.45) is 4.99 Å². The predicted molar refractivity (Wildman–Crippen MR) is 117 cm³/mol. The second kappa shape index (κ2) is 9.15. The highest BCUT2D eigenvalue weighted by Crippen LogP contribution is 2.35. The molecule has 0 fully saturated rings. The zero-order valence-corrected chi connectivity index (χ0v) is 17.8. The third-order valence-electron chi connectivity index (χ3n) is 5.06. The van der Waals surface area contributed by atoms with Crippen molar-refractivity contribution < 1.29 is 18.9 Å². The van der Waals surface area contributed by atoms with Crippen molar-refractivity contribution in [2.75, 3.05) is 32.2 Å². The molecule has 0 saturated carbocycles. The van der Waals surface area contributed by atoms with Gasteiger partial charge in [0.2, 0.25) is 0 Å². The average Bonchev–Trinajstić information content (AvgIpc) is 2.94. The van der Waals surface area contributed by atoms with Gasteiger partial charge in [0, 0.05) is 49.3 Å². The summed E-state index contributed by atoms with van der Waals surface area (Å²) in [6, 6.07) is 9.97. The van der Waals surface area contributed by atoms with E-state index in [1.165, 1.54) is 5.56 Å². The summed E-state index contributed by atoms with van der Waals surface area (Å²) < 4.78 is 23.3. The number of nitrogens with one attached hydrogen (secondary N) is 2. The molecule has 1 atom stereocenters. The van der Waals surface area contributed by atoms with Crippen molar-refractivity contribution >= 4 is 11.6 Å². The first kappa shape index (κ1) is 20.2. The average molecular weight is 412 g/mol. The van der Waals surface area contributed by atoms with Crippen LogP contribution in [0.5, 0.6) is 23.0 Å². The molecule has 0 bridgehead atoms. The smallest absolute Gasteiger partial charge is 0.195 e. The van der Waals surface area contributed by atoms with Gasteiger partial charge in [0.15, 0.2) is 17.5 Å². The summed E-state index contributed by atoms with van der Waals surface area (Å²) in [7, 11) is 1.75. The summed E-state index contributed by atoms with van der Waals surface area (Å²) in [6.45, 7) is 6.58. The largest absolute Gasteiger partial charge is 0.494 e. The highest BCUT2D eigenvalue weighted by Gasteiger charge is 2.22. The fourth-order valence-electron chi connectivity index (χ4n) is 3.65. The van der Waals surface area contributed by atoms with E-state index in [0.29, 0.717) is 32.3 Å². The van der Waals surface area contributed by atoms with E-state index in [1.54, 1.807) is 7.05 Å². The number of benzene rings is 2. The highest BCUT2D eigenvalue weighted by molar-refractivity contribution is 5.93. The lowest BCUT2D eigenvalue weighted by molar-refractivity contribution is 0.254. The molecule has 0 amide bonds. The third-order valence-corrected chi connectivity index (χ3v) is 5.06. The third kappa shape index (κ3) is 4.56. The molecule has 2 N–H and O–H groups in total. The molecule has 7 heteroatoms. The summed E-state index contributed by atoms with van der Waals surface area (Å²) >= 11 is 0. The Bertz CT molecular complexity index is 929. The van der Waals surface area contributed by atoms with Crippen molar-refractivity contribution in [1.82, 2.24) is 5.32 Å². The van der Waals surface area contributed by atoms with E-state index in [9.17, 15) is 0 Å². The van der Waals surface area contributed by atoms with E-state index in [0.717, 1.165) is 47.1 Å². The number of aliphatic imine (C=N–C) groups is 1. The minimum Gasteiger partial charge on any atom is -0.494 e. The van der Waals surface area contributed by atoms with Crippen LogP contribution >= 0.6 is 0 Å². The number of nitrogens with zero attached hydrogens (tertiary/aromatic N) is 1. The summed E-state index contributed by atoms with van der Waals surface area (Å²) in [5.74, 6) is 3.99. The second-order valence-corrected chi connectivity index (χ2v) is 7.40. The molecule has 0 aromatic heterocycles. The normalized spacial score (nSPS) is 17.6. The summed E-state index contributed by atoms with van der Waals surface area (Å²) in [5, 5.41) is 6.67. The van der Waals surface area contributed by atoms with Gasteiger partial charge < -0.3 is 29.6 Å². The number of guanidine groups is 1. The van der Waals surface area contributed by atoms with Crippen LogP contribution in [0.4, 0.5) is 5.69 Å². The van der Waals surface area contributed by atoms with Crippen LogP contribution in [0.15, 0.2) is 35.3 Å². The van der Waals surface area contributed by atoms with Gasteiger partial charge >= 0.3 is 0 Å². The first-order valence-electron chi connectivity index (χ1n) is 10.5. The summed E-state index contributed by atoms with van der Waals surface area (Å²) in [5.41, 5.74) is 3.11. The van der Waals surface area contributed by atoms with E-state index < -0.39 is 0 Å². The number of anilines is 1. The minimum atomic E-state index is 0.200. The van der Waals surface area contributed by atoms with Crippen LogP contribution < -0.4 is 29.6 Å². The topological polar surface area (TPSA) is 73.3 Å². The standard InChI is InChI=1S/C23H29N3O4/c1-4-27-20-11-16-10-15(2)30-21(16)12-17(20)14-25-23(24-3)26-18-6-7-19-22(13-18)29-9-5-8-28-19/h6-7,11-13,15H,4-5,8-10,14H2,1-3H3,(H2,24,25,26). The summed E-state index contributed by atoms with van der Waals surface area (Å²) in [4.78, 5) is 4.34. The number of hydrogen-bond acceptors (Lipinski definition) is 5. The molecule has 2 aliphatic heterocycles. The molecule has 0 aliphatic carbocycles. The van der Waals surface area contributed by atoms with Gasteiger partial charge in [-0.2, -0.15) is 0 Å². The van der Waals surface area contributed by atoms with E-state index in [2.05, 4.69) is 34.7 Å². The molecule has 0 radical (unpaired) electrons. The quantitative estimate of drug-likeness (QED) is 0.577. The Hall–Kier alpha value is -3.09. The van der Waals surface area contributed by atoms with E-state index in [1.807, 2.05) is 25.1 Å². The van der Waals surface area contributed by atoms with Crippen molar-refractivity contribution in [3.05, 3.63) is 41.5 Å². The van der Waals surface area contributed by atoms with E-state index >= 15 is 0 Å². The molecular weight excluding hydrogens is 382 g/mol. The zero-order chi connectivity index (χ0) is 20.9. The Labute approximate surface area is 177 Å². The molecule has 30 heavy (non-hydrogen) atoms. The van der Waals surface area contributed by atoms with Crippen LogP contribution in [0.3, 0.4) is 0 Å². The van der Waals surface area contributed by atoms with Gasteiger partial charge in [-0.1, -0.05) is 0 Å². The Kier molecular flexibility index (Phi) is 6.16. The number of rotatable bonds is 5. The van der Waals surface area contributed by atoms with Crippen molar-refractivity contribution in [3.63, 3.8) is 0 Å². The Morgan fingerprint density at radius 1 is 1.13 bits per heavy atom. The van der Waals surface area contributed by atoms with Crippen molar-refractivity contribution in [1.29, 1.82) is 0 Å². The lowest BCUT2D eigenvalue weighted by atomic mass is 10.1. The van der Waals surface area contributed by atoms with Crippen LogP contribution in [0, 0.1) is 0 Å². The van der Waals surface area contributed by atoms with Gasteiger partial charge in [0.05, 0.1) is 19.8 Å². The number of ether oxygens (including phenoxy) is 4. The number of hydrogen-bond donors (Lipinski definition) is 2. The molecule has 160 valence electrons. The van der Waals surface area contributed by atoms with Gasteiger partial charge in [-0.15, -0.1) is 0 Å². The fraction of sp³-hybridized carbons (Fsp3) is 0.435. The predicted octanol–water partition coefficient (Wildman–Crippen LogP) is 3.76. The molecule has 2 aromatic carbocycles. The molecule has 2 aliphatic rings. The molecule has 2 heterocycles. The van der Waals surface area contributed by atoms with Gasteiger partial charge in [-0.05, 0) is 38.1 Å². The van der Waals surface area contributed by atoms with Gasteiger partial charge in [-0.3, -0.25) is 4.99 Å². The van der Waals surface area contributed by atoms with Gasteiger partial charge in [0.1, 0.15) is 17.6 Å². The summed E-state index contributed by atoms with van der Waals surface area (Å²) in [6.07, 6.45) is 1.99. The van der Waals surface area contributed by atoms with Crippen LogP contribution in [-0.4, -0.2) is 38.9 Å². The van der Waals surface area contributed by atoms with E-state index in [4.69, 9.17) is 18.9 Å². The Balaban J connectivity index is 1.45. The Morgan fingerprint density at radius 3 is 2.77 bits per heavy atom. The van der Waals surface area contributed by atoms with Crippen LogP contribution in [0.25, 0.3) is 0 Å². The lowest BCUT2D eigenvalue weighted by Gasteiger charge is -2.16. The molecule has 1 unspecified atom stereocenters. The maximum Gasteiger partial charge on any atom is 0.195 e. The van der Waals surface area contributed by atoms with Gasteiger partial charge in [0.25, 0.3) is 0 Å². The molecule has 0 spiro atoms. The maximum absolute atomic E-state index is 5.92. The number of fused-ring (bicyclic) bond motifs is 2. The molecule has 0 saturated heterocycles. The maximum atomic E-state index is 5.92. The van der Waals surface area contributed by atoms with Crippen LogP contribution in [-0.2, 0) is 13.0 Å². The zero-order valence-electron chi connectivity index (χ0n) is 17.8. The molecular formula is C23H29N3O4. The fourth-order valence-corrected chi connectivity index (χ4v) is 3.65. The minimum absolute atomic E-state index is 0.200. The lowest BCUT2D eigenvalue weighted by Crippen LogP contribution is -2.30. The second-order valence-electron chi connectivity index (χ2n) is 7.40. The van der Waals surface area contributed by atoms with Crippen LogP contribution in [0.1, 0.15) is 31.4 Å². The Morgan fingerprint density at radius 2 is 1.97 bits per heavy atom. The monoisotopic (exact) mass is 411 g/mol. The first-order chi connectivity index (χ1) is 14.7. The molecule has 4 rings (SSSR count). The van der Waals surface area contributed by atoms with Crippen LogP contribution in [0.2, 0.25) is 0 Å². The highest BCUT2D eigenvalue weighted by atomic mass is 16.5. The van der Waals surface area contributed by atoms with Crippen molar-refractivity contribution in [3.8, 4) is 23.0 Å². The molecule has 2 aromatic rings. The van der Waals surface area contributed by atoms with Crippen molar-refractivity contribution in [2.45, 2.75) is 39.3 Å².